The Morgan fingerprint density at radius 2 is 1.59 bits per heavy atom. The standard InChI is InChI=1S/C24H18FN3O6/c1-33-18-11-12-20(34-2)19(13-18)26-22-21(14-3-7-17(8-4-14)28(31)32)23(29)27(24(22)30)16-9-5-15(25)6-10-16/h3-13,26H,1-2H3. The average molecular weight is 463 g/mol. The highest BCUT2D eigenvalue weighted by Gasteiger charge is 2.40. The molecule has 0 spiro atoms. The quantitative estimate of drug-likeness (QED) is 0.318. The SMILES string of the molecule is COc1ccc(OC)c(NC2=C(c3ccc([N+](=O)[O-])cc3)C(=O)N(c3ccc(F)cc3)C2=O)c1. The average Bonchev–Trinajstić information content (AvgIpc) is 3.08. The Labute approximate surface area is 193 Å². The van der Waals surface area contributed by atoms with Crippen LogP contribution in [0, 0.1) is 15.9 Å². The minimum absolute atomic E-state index is 0.00547. The third-order valence-corrected chi connectivity index (χ3v) is 5.20. The van der Waals surface area contributed by atoms with Crippen molar-refractivity contribution in [2.45, 2.75) is 0 Å². The Morgan fingerprint density at radius 1 is 0.912 bits per heavy atom. The zero-order valence-electron chi connectivity index (χ0n) is 18.1. The molecule has 3 aromatic rings. The Hall–Kier alpha value is -4.73. The number of nitrogens with one attached hydrogen (secondary N) is 1. The molecule has 34 heavy (non-hydrogen) atoms. The first-order valence-corrected chi connectivity index (χ1v) is 9.96. The van der Waals surface area contributed by atoms with Gasteiger partial charge in [-0.2, -0.15) is 0 Å². The van der Waals surface area contributed by atoms with Crippen LogP contribution in [-0.2, 0) is 9.59 Å². The maximum Gasteiger partial charge on any atom is 0.282 e. The number of nitro benzene ring substituents is 1. The van der Waals surface area contributed by atoms with Crippen molar-refractivity contribution in [3.05, 3.63) is 93.9 Å². The van der Waals surface area contributed by atoms with Crippen molar-refractivity contribution in [1.29, 1.82) is 0 Å². The first-order chi connectivity index (χ1) is 16.3. The summed E-state index contributed by atoms with van der Waals surface area (Å²) >= 11 is 0. The lowest BCUT2D eigenvalue weighted by molar-refractivity contribution is -0.384. The monoisotopic (exact) mass is 463 g/mol. The van der Waals surface area contributed by atoms with Gasteiger partial charge in [0.05, 0.1) is 36.1 Å². The van der Waals surface area contributed by atoms with Gasteiger partial charge in [0.1, 0.15) is 23.0 Å². The van der Waals surface area contributed by atoms with Crippen LogP contribution in [0.1, 0.15) is 5.56 Å². The molecule has 0 fully saturated rings. The molecule has 1 aliphatic heterocycles. The molecule has 0 atom stereocenters. The predicted molar refractivity (Wildman–Crippen MR) is 122 cm³/mol. The Kier molecular flexibility index (Phi) is 5.96. The fourth-order valence-electron chi connectivity index (χ4n) is 3.53. The van der Waals surface area contributed by atoms with Crippen molar-refractivity contribution >= 4 is 34.4 Å². The number of hydrogen-bond acceptors (Lipinski definition) is 7. The van der Waals surface area contributed by atoms with Gasteiger partial charge < -0.3 is 14.8 Å². The number of carbonyl (C=O) groups excluding carboxylic acids is 2. The maximum atomic E-state index is 13.4. The molecule has 10 heteroatoms. The van der Waals surface area contributed by atoms with Gasteiger partial charge in [-0.15, -0.1) is 0 Å². The van der Waals surface area contributed by atoms with E-state index < -0.39 is 22.6 Å². The highest BCUT2D eigenvalue weighted by atomic mass is 19.1. The molecule has 3 aromatic carbocycles. The minimum atomic E-state index is -0.685. The van der Waals surface area contributed by atoms with E-state index in [0.717, 1.165) is 17.0 Å². The van der Waals surface area contributed by atoms with Crippen molar-refractivity contribution in [1.82, 2.24) is 0 Å². The van der Waals surface area contributed by atoms with Crippen LogP contribution in [0.4, 0.5) is 21.5 Å². The number of non-ortho nitro benzene ring substituents is 1. The number of methoxy groups -OCH3 is 2. The molecule has 172 valence electrons. The van der Waals surface area contributed by atoms with Crippen LogP contribution in [0.3, 0.4) is 0 Å². The largest absolute Gasteiger partial charge is 0.497 e. The number of carbonyl (C=O) groups is 2. The lowest BCUT2D eigenvalue weighted by Gasteiger charge is -2.16. The lowest BCUT2D eigenvalue weighted by Crippen LogP contribution is -2.32. The van der Waals surface area contributed by atoms with E-state index in [2.05, 4.69) is 5.32 Å². The van der Waals surface area contributed by atoms with E-state index in [0.29, 0.717) is 17.2 Å². The fourth-order valence-corrected chi connectivity index (χ4v) is 3.53. The number of hydrogen-bond donors (Lipinski definition) is 1. The van der Waals surface area contributed by atoms with E-state index in [9.17, 15) is 24.1 Å². The smallest absolute Gasteiger partial charge is 0.282 e. The Morgan fingerprint density at radius 3 is 2.18 bits per heavy atom. The molecule has 9 nitrogen and oxygen atoms in total. The molecule has 2 amide bonds. The third kappa shape index (κ3) is 4.04. The Bertz CT molecular complexity index is 1320. The highest BCUT2D eigenvalue weighted by molar-refractivity contribution is 6.46. The molecule has 4 rings (SSSR count). The van der Waals surface area contributed by atoms with Crippen LogP contribution in [0.2, 0.25) is 0 Å². The summed E-state index contributed by atoms with van der Waals surface area (Å²) in [4.78, 5) is 38.2. The van der Waals surface area contributed by atoms with Gasteiger partial charge in [-0.3, -0.25) is 19.7 Å². The number of nitrogens with zero attached hydrogens (tertiary/aromatic N) is 2. The van der Waals surface area contributed by atoms with Crippen LogP contribution < -0.4 is 19.7 Å². The zero-order chi connectivity index (χ0) is 24.4. The molecule has 0 saturated heterocycles. The second kappa shape index (κ2) is 9.02. The van der Waals surface area contributed by atoms with E-state index in [1.54, 1.807) is 18.2 Å². The summed E-state index contributed by atoms with van der Waals surface area (Å²) in [6, 6.07) is 15.0. The van der Waals surface area contributed by atoms with Crippen LogP contribution in [0.5, 0.6) is 11.5 Å². The van der Waals surface area contributed by atoms with Gasteiger partial charge in [0.15, 0.2) is 0 Å². The van der Waals surface area contributed by atoms with Gasteiger partial charge in [0, 0.05) is 18.2 Å². The number of benzene rings is 3. The predicted octanol–water partition coefficient (Wildman–Crippen LogP) is 4.15. The maximum absolute atomic E-state index is 13.4. The summed E-state index contributed by atoms with van der Waals surface area (Å²) in [5.41, 5.74) is 0.575. The molecule has 1 N–H and O–H groups in total. The number of amides is 2. The Balaban J connectivity index is 1.85. The number of halogens is 1. The molecule has 0 bridgehead atoms. The molecule has 0 saturated carbocycles. The molecule has 0 aliphatic carbocycles. The van der Waals surface area contributed by atoms with E-state index in [4.69, 9.17) is 9.47 Å². The van der Waals surface area contributed by atoms with Gasteiger partial charge in [-0.1, -0.05) is 0 Å². The second-order valence-electron chi connectivity index (χ2n) is 7.17. The van der Waals surface area contributed by atoms with Gasteiger partial charge >= 0.3 is 0 Å². The van der Waals surface area contributed by atoms with Crippen LogP contribution in [0.15, 0.2) is 72.4 Å². The number of anilines is 2. The second-order valence-corrected chi connectivity index (χ2v) is 7.17. The summed E-state index contributed by atoms with van der Waals surface area (Å²) in [6.07, 6.45) is 0. The molecule has 1 aliphatic rings. The summed E-state index contributed by atoms with van der Waals surface area (Å²) in [5.74, 6) is -1.01. The number of ether oxygens (including phenoxy) is 2. The summed E-state index contributed by atoms with van der Waals surface area (Å²) in [7, 11) is 2.93. The van der Waals surface area contributed by atoms with E-state index in [-0.39, 0.29) is 28.2 Å². The third-order valence-electron chi connectivity index (χ3n) is 5.20. The van der Waals surface area contributed by atoms with Gasteiger partial charge in [0.2, 0.25) is 0 Å². The van der Waals surface area contributed by atoms with Crippen LogP contribution in [-0.4, -0.2) is 31.0 Å². The summed E-state index contributed by atoms with van der Waals surface area (Å²) < 4.78 is 24.0. The molecule has 1 heterocycles. The summed E-state index contributed by atoms with van der Waals surface area (Å²) in [5, 5.41) is 14.0. The first-order valence-electron chi connectivity index (χ1n) is 9.96. The summed E-state index contributed by atoms with van der Waals surface area (Å²) in [6.45, 7) is 0. The van der Waals surface area contributed by atoms with Crippen LogP contribution in [0.25, 0.3) is 5.57 Å². The van der Waals surface area contributed by atoms with Gasteiger partial charge in [-0.05, 0) is 54.1 Å². The highest BCUT2D eigenvalue weighted by Crippen LogP contribution is 2.37. The van der Waals surface area contributed by atoms with Crippen LogP contribution >= 0.6 is 0 Å². The van der Waals surface area contributed by atoms with E-state index in [1.165, 1.54) is 50.6 Å². The number of imide groups is 1. The number of nitro groups is 1. The molecular weight excluding hydrogens is 445 g/mol. The molecular formula is C24H18FN3O6. The van der Waals surface area contributed by atoms with Crippen molar-refractivity contribution in [2.75, 3.05) is 24.4 Å². The van der Waals surface area contributed by atoms with Crippen molar-refractivity contribution in [3.8, 4) is 11.5 Å². The fraction of sp³-hybridized carbons (Fsp3) is 0.0833. The normalized spacial score (nSPS) is 13.3. The van der Waals surface area contributed by atoms with E-state index in [1.807, 2.05) is 0 Å². The topological polar surface area (TPSA) is 111 Å². The van der Waals surface area contributed by atoms with Crippen molar-refractivity contribution in [3.63, 3.8) is 0 Å². The van der Waals surface area contributed by atoms with E-state index >= 15 is 0 Å². The number of rotatable bonds is 7. The zero-order valence-corrected chi connectivity index (χ0v) is 18.1. The molecule has 0 aromatic heterocycles. The first kappa shape index (κ1) is 22.5. The molecule has 0 unspecified atom stereocenters. The molecule has 0 radical (unpaired) electrons. The minimum Gasteiger partial charge on any atom is -0.497 e. The lowest BCUT2D eigenvalue weighted by atomic mass is 10.0. The van der Waals surface area contributed by atoms with Crippen molar-refractivity contribution in [2.24, 2.45) is 0 Å². The van der Waals surface area contributed by atoms with Gasteiger partial charge in [-0.25, -0.2) is 9.29 Å². The van der Waals surface area contributed by atoms with Crippen molar-refractivity contribution < 1.29 is 28.4 Å². The van der Waals surface area contributed by atoms with Gasteiger partial charge in [0.25, 0.3) is 17.5 Å².